The molecule has 1 aromatic heterocycles. The van der Waals surface area contributed by atoms with Gasteiger partial charge in [0.1, 0.15) is 18.9 Å². The molecule has 7 nitrogen and oxygen atoms in total. The maximum Gasteiger partial charge on any atom is 0.325 e. The number of nitrogens with zero attached hydrogens (tertiary/aromatic N) is 4. The first-order valence-corrected chi connectivity index (χ1v) is 5.86. The lowest BCUT2D eigenvalue weighted by atomic mass is 10.3. The van der Waals surface area contributed by atoms with Crippen LogP contribution < -0.4 is 4.74 Å². The van der Waals surface area contributed by atoms with Gasteiger partial charge in [-0.3, -0.25) is 4.79 Å². The summed E-state index contributed by atoms with van der Waals surface area (Å²) in [6.45, 7) is -0.332. The Morgan fingerprint density at radius 1 is 1.42 bits per heavy atom. The number of ether oxygens (including phenoxy) is 1. The highest BCUT2D eigenvalue weighted by Gasteiger charge is 2.11. The standard InChI is InChI=1S/C10H8Cl2N4O3/c11-6-1-2-8(7(12)3-6)19-5-9-13-14-15-16(9)4-10(17)18/h1-3H,4-5H2,(H,17,18). The number of aromatic nitrogens is 4. The molecule has 0 saturated carbocycles. The smallest absolute Gasteiger partial charge is 0.325 e. The van der Waals surface area contributed by atoms with Gasteiger partial charge in [0, 0.05) is 5.02 Å². The maximum atomic E-state index is 10.6. The number of carboxylic acids is 1. The molecule has 2 rings (SSSR count). The summed E-state index contributed by atoms with van der Waals surface area (Å²) in [5.74, 6) is -0.345. The van der Waals surface area contributed by atoms with Gasteiger partial charge in [0.2, 0.25) is 0 Å². The monoisotopic (exact) mass is 302 g/mol. The molecule has 0 unspecified atom stereocenters. The van der Waals surface area contributed by atoms with E-state index in [1.54, 1.807) is 18.2 Å². The van der Waals surface area contributed by atoms with E-state index in [4.69, 9.17) is 33.0 Å². The van der Waals surface area contributed by atoms with Crippen LogP contribution in [0.2, 0.25) is 10.0 Å². The van der Waals surface area contributed by atoms with Crippen molar-refractivity contribution >= 4 is 29.2 Å². The molecule has 0 atom stereocenters. The van der Waals surface area contributed by atoms with Gasteiger partial charge in [-0.1, -0.05) is 23.2 Å². The van der Waals surface area contributed by atoms with E-state index in [1.807, 2.05) is 0 Å². The summed E-state index contributed by atoms with van der Waals surface area (Å²) in [6, 6.07) is 4.78. The minimum absolute atomic E-state index is 0.00162. The Bertz CT molecular complexity index is 602. The molecule has 1 N–H and O–H groups in total. The first-order chi connectivity index (χ1) is 9.06. The molecule has 9 heteroatoms. The number of aliphatic carboxylic acids is 1. The third-order valence-corrected chi connectivity index (χ3v) is 2.67. The van der Waals surface area contributed by atoms with Gasteiger partial charge in [-0.2, -0.15) is 0 Å². The normalized spacial score (nSPS) is 10.4. The number of benzene rings is 1. The summed E-state index contributed by atoms with van der Waals surface area (Å²) in [5, 5.41) is 20.1. The van der Waals surface area contributed by atoms with Crippen LogP contribution >= 0.6 is 23.2 Å². The van der Waals surface area contributed by atoms with E-state index in [0.29, 0.717) is 15.8 Å². The van der Waals surface area contributed by atoms with Crippen LogP contribution in [0.4, 0.5) is 0 Å². The summed E-state index contributed by atoms with van der Waals surface area (Å²) < 4.78 is 6.54. The van der Waals surface area contributed by atoms with Crippen LogP contribution in [0.5, 0.6) is 5.75 Å². The average Bonchev–Trinajstić information content (AvgIpc) is 2.74. The van der Waals surface area contributed by atoms with Crippen molar-refractivity contribution in [1.82, 2.24) is 20.2 Å². The second-order valence-electron chi connectivity index (χ2n) is 3.51. The number of hydrogen-bond donors (Lipinski definition) is 1. The zero-order valence-electron chi connectivity index (χ0n) is 9.45. The quantitative estimate of drug-likeness (QED) is 0.903. The summed E-state index contributed by atoms with van der Waals surface area (Å²) >= 11 is 11.7. The van der Waals surface area contributed by atoms with E-state index in [1.165, 1.54) is 0 Å². The summed E-state index contributed by atoms with van der Waals surface area (Å²) in [5.41, 5.74) is 0. The third kappa shape index (κ3) is 3.55. The minimum Gasteiger partial charge on any atom is -0.484 e. The van der Waals surface area contributed by atoms with E-state index < -0.39 is 5.97 Å². The number of tetrazole rings is 1. The number of halogens is 2. The molecule has 0 saturated heterocycles. The topological polar surface area (TPSA) is 90.1 Å². The lowest BCUT2D eigenvalue weighted by molar-refractivity contribution is -0.138. The molecule has 1 heterocycles. The van der Waals surface area contributed by atoms with Gasteiger partial charge in [0.05, 0.1) is 5.02 Å². The van der Waals surface area contributed by atoms with E-state index in [9.17, 15) is 4.79 Å². The fourth-order valence-electron chi connectivity index (χ4n) is 1.31. The van der Waals surface area contributed by atoms with Gasteiger partial charge < -0.3 is 9.84 Å². The molecule has 0 amide bonds. The molecule has 100 valence electrons. The predicted octanol–water partition coefficient (Wildman–Crippen LogP) is 1.64. The second kappa shape index (κ2) is 5.85. The summed E-state index contributed by atoms with van der Waals surface area (Å²) in [4.78, 5) is 10.6. The van der Waals surface area contributed by atoms with E-state index in [0.717, 1.165) is 4.68 Å². The van der Waals surface area contributed by atoms with Crippen molar-refractivity contribution in [1.29, 1.82) is 0 Å². The van der Waals surface area contributed by atoms with E-state index >= 15 is 0 Å². The Balaban J connectivity index is 2.06. The molecule has 0 fully saturated rings. The van der Waals surface area contributed by atoms with Gasteiger partial charge >= 0.3 is 5.97 Å². The summed E-state index contributed by atoms with van der Waals surface area (Å²) in [7, 11) is 0. The predicted molar refractivity (Wildman–Crippen MR) is 66.2 cm³/mol. The molecule has 0 aliphatic carbocycles. The molecule has 0 radical (unpaired) electrons. The highest BCUT2D eigenvalue weighted by atomic mass is 35.5. The van der Waals surface area contributed by atoms with E-state index in [-0.39, 0.29) is 19.0 Å². The molecule has 0 spiro atoms. The fraction of sp³-hybridized carbons (Fsp3) is 0.200. The first kappa shape index (κ1) is 13.6. The number of hydrogen-bond acceptors (Lipinski definition) is 5. The van der Waals surface area contributed by atoms with Crippen LogP contribution in [0.25, 0.3) is 0 Å². The zero-order chi connectivity index (χ0) is 13.8. The Morgan fingerprint density at radius 2 is 2.21 bits per heavy atom. The molecule has 0 aliphatic heterocycles. The van der Waals surface area contributed by atoms with Crippen molar-refractivity contribution in [3.8, 4) is 5.75 Å². The molecule has 2 aromatic rings. The van der Waals surface area contributed by atoms with Crippen LogP contribution in [0.3, 0.4) is 0 Å². The second-order valence-corrected chi connectivity index (χ2v) is 4.35. The van der Waals surface area contributed by atoms with Crippen molar-refractivity contribution < 1.29 is 14.6 Å². The largest absolute Gasteiger partial charge is 0.484 e. The van der Waals surface area contributed by atoms with Crippen LogP contribution in [-0.4, -0.2) is 31.3 Å². The Morgan fingerprint density at radius 3 is 2.89 bits per heavy atom. The van der Waals surface area contributed by atoms with Crippen molar-refractivity contribution in [2.75, 3.05) is 0 Å². The van der Waals surface area contributed by atoms with Gasteiger partial charge in [-0.15, -0.1) is 5.10 Å². The van der Waals surface area contributed by atoms with Crippen molar-refractivity contribution in [2.45, 2.75) is 13.2 Å². The SMILES string of the molecule is O=C(O)Cn1nnnc1COc1ccc(Cl)cc1Cl. The Hall–Kier alpha value is -1.86. The molecular formula is C10H8Cl2N4O3. The van der Waals surface area contributed by atoms with E-state index in [2.05, 4.69) is 15.5 Å². The van der Waals surface area contributed by atoms with Crippen LogP contribution in [0.15, 0.2) is 18.2 Å². The maximum absolute atomic E-state index is 10.6. The number of carboxylic acid groups (broad SMARTS) is 1. The van der Waals surface area contributed by atoms with Crippen molar-refractivity contribution in [3.63, 3.8) is 0 Å². The lowest BCUT2D eigenvalue weighted by Crippen LogP contribution is -2.15. The fourth-order valence-corrected chi connectivity index (χ4v) is 1.78. The molecule has 0 bridgehead atoms. The first-order valence-electron chi connectivity index (χ1n) is 5.11. The zero-order valence-corrected chi connectivity index (χ0v) is 11.0. The molecule has 1 aromatic carbocycles. The van der Waals surface area contributed by atoms with Gasteiger partial charge in [-0.05, 0) is 28.6 Å². The minimum atomic E-state index is -1.04. The van der Waals surface area contributed by atoms with Crippen LogP contribution in [0, 0.1) is 0 Å². The van der Waals surface area contributed by atoms with Crippen molar-refractivity contribution in [3.05, 3.63) is 34.1 Å². The Labute approximate surface area is 117 Å². The summed E-state index contributed by atoms with van der Waals surface area (Å²) in [6.07, 6.45) is 0. The highest BCUT2D eigenvalue weighted by Crippen LogP contribution is 2.27. The van der Waals surface area contributed by atoms with Crippen molar-refractivity contribution in [2.24, 2.45) is 0 Å². The van der Waals surface area contributed by atoms with Gasteiger partial charge in [-0.25, -0.2) is 4.68 Å². The highest BCUT2D eigenvalue weighted by molar-refractivity contribution is 6.35. The van der Waals surface area contributed by atoms with Crippen LogP contribution in [0.1, 0.15) is 5.82 Å². The Kier molecular flexibility index (Phi) is 4.18. The number of carbonyl (C=O) groups is 1. The number of rotatable bonds is 5. The lowest BCUT2D eigenvalue weighted by Gasteiger charge is -2.07. The van der Waals surface area contributed by atoms with Gasteiger partial charge in [0.15, 0.2) is 5.82 Å². The van der Waals surface area contributed by atoms with Gasteiger partial charge in [0.25, 0.3) is 0 Å². The molecule has 0 aliphatic rings. The van der Waals surface area contributed by atoms with Crippen LogP contribution in [-0.2, 0) is 17.9 Å². The molecular weight excluding hydrogens is 295 g/mol. The third-order valence-electron chi connectivity index (χ3n) is 2.14. The molecule has 19 heavy (non-hydrogen) atoms. The average molecular weight is 303 g/mol.